The number of benzene rings is 2. The summed E-state index contributed by atoms with van der Waals surface area (Å²) < 4.78 is 25.0. The van der Waals surface area contributed by atoms with Gasteiger partial charge in [-0.05, 0) is 66.3 Å². The Morgan fingerprint density at radius 3 is 1.81 bits per heavy atom. The number of thioether (sulfide) groups is 1. The molecule has 0 atom stereocenters. The summed E-state index contributed by atoms with van der Waals surface area (Å²) in [5, 5.41) is 0. The molecule has 1 saturated carbocycles. The number of alkyl halides is 2. The lowest BCUT2D eigenvalue weighted by Gasteiger charge is -2.29. The third kappa shape index (κ3) is 8.54. The lowest BCUT2D eigenvalue weighted by atomic mass is 9.77. The van der Waals surface area contributed by atoms with Crippen LogP contribution in [0.2, 0.25) is 0 Å². The van der Waals surface area contributed by atoms with E-state index >= 15 is 0 Å². The van der Waals surface area contributed by atoms with E-state index in [2.05, 4.69) is 31.2 Å². The molecular weight excluding hydrogens is 418 g/mol. The van der Waals surface area contributed by atoms with Crippen molar-refractivity contribution in [3.05, 3.63) is 54.1 Å². The molecule has 1 aliphatic carbocycles. The minimum atomic E-state index is -2.37. The third-order valence-electron chi connectivity index (χ3n) is 7.11. The Labute approximate surface area is 198 Å². The van der Waals surface area contributed by atoms with Gasteiger partial charge in [0.15, 0.2) is 0 Å². The molecule has 0 heterocycles. The maximum absolute atomic E-state index is 12.5. The molecule has 2 aromatic rings. The van der Waals surface area contributed by atoms with Gasteiger partial charge in [-0.3, -0.25) is 0 Å². The topological polar surface area (TPSA) is 0 Å². The Balaban J connectivity index is 1.37. The first kappa shape index (κ1) is 25.3. The number of hydrogen-bond acceptors (Lipinski definition) is 1. The van der Waals surface area contributed by atoms with Crippen molar-refractivity contribution in [1.29, 1.82) is 0 Å². The summed E-state index contributed by atoms with van der Waals surface area (Å²) in [6, 6.07) is 16.4. The smallest absolute Gasteiger partial charge is 0.198 e. The van der Waals surface area contributed by atoms with Gasteiger partial charge in [-0.15, -0.1) is 0 Å². The highest BCUT2D eigenvalue weighted by Gasteiger charge is 2.22. The highest BCUT2D eigenvalue weighted by atomic mass is 32.2. The predicted octanol–water partition coefficient (Wildman–Crippen LogP) is 10.5. The number of hydrogen-bond donors (Lipinski definition) is 0. The van der Waals surface area contributed by atoms with Crippen LogP contribution in [0.15, 0.2) is 53.4 Å². The summed E-state index contributed by atoms with van der Waals surface area (Å²) in [6.07, 6.45) is 18.1. The molecule has 32 heavy (non-hydrogen) atoms. The Kier molecular flexibility index (Phi) is 11.1. The van der Waals surface area contributed by atoms with Crippen molar-refractivity contribution >= 4 is 11.8 Å². The van der Waals surface area contributed by atoms with Crippen LogP contribution in [0.5, 0.6) is 0 Å². The second-order valence-electron chi connectivity index (χ2n) is 9.51. The molecule has 0 aliphatic heterocycles. The van der Waals surface area contributed by atoms with E-state index in [0.29, 0.717) is 22.6 Å². The van der Waals surface area contributed by atoms with Gasteiger partial charge in [0.05, 0.1) is 0 Å². The minimum Gasteiger partial charge on any atom is -0.198 e. The highest BCUT2D eigenvalue weighted by Crippen LogP contribution is 2.38. The fourth-order valence-electron chi connectivity index (χ4n) is 5.13. The quantitative estimate of drug-likeness (QED) is 0.212. The zero-order chi connectivity index (χ0) is 22.6. The van der Waals surface area contributed by atoms with Crippen LogP contribution in [0, 0.1) is 5.92 Å². The van der Waals surface area contributed by atoms with Crippen molar-refractivity contribution in [1.82, 2.24) is 0 Å². The second kappa shape index (κ2) is 14.0. The Bertz CT molecular complexity index is 746. The second-order valence-corrected chi connectivity index (χ2v) is 10.6. The van der Waals surface area contributed by atoms with Gasteiger partial charge < -0.3 is 0 Å². The first-order valence-electron chi connectivity index (χ1n) is 12.8. The summed E-state index contributed by atoms with van der Waals surface area (Å²) in [5.41, 5.74) is 3.71. The zero-order valence-corrected chi connectivity index (χ0v) is 20.5. The normalized spacial score (nSPS) is 18.9. The van der Waals surface area contributed by atoms with E-state index in [9.17, 15) is 8.78 Å². The van der Waals surface area contributed by atoms with Gasteiger partial charge in [0, 0.05) is 4.90 Å². The van der Waals surface area contributed by atoms with Crippen molar-refractivity contribution in [2.45, 2.75) is 107 Å². The fourth-order valence-corrected chi connectivity index (χ4v) is 5.63. The highest BCUT2D eigenvalue weighted by molar-refractivity contribution is 7.99. The lowest BCUT2D eigenvalue weighted by Crippen LogP contribution is -2.13. The van der Waals surface area contributed by atoms with E-state index in [0.717, 1.165) is 17.0 Å². The van der Waals surface area contributed by atoms with Crippen LogP contribution in [0.1, 0.15) is 102 Å². The van der Waals surface area contributed by atoms with E-state index in [4.69, 9.17) is 0 Å². The van der Waals surface area contributed by atoms with E-state index in [1.807, 2.05) is 12.1 Å². The van der Waals surface area contributed by atoms with Crippen LogP contribution in [0.4, 0.5) is 8.78 Å². The van der Waals surface area contributed by atoms with Gasteiger partial charge >= 0.3 is 0 Å². The molecule has 0 saturated heterocycles. The summed E-state index contributed by atoms with van der Waals surface area (Å²) >= 11 is 0.601. The monoisotopic (exact) mass is 458 g/mol. The molecule has 0 N–H and O–H groups in total. The molecule has 176 valence electrons. The SMILES string of the molecule is CCCCCCCCCCC1CCC(c2ccc(-c3ccc(SC(F)F)cc3)cc2)CC1. The van der Waals surface area contributed by atoms with Crippen molar-refractivity contribution in [3.8, 4) is 11.1 Å². The molecule has 0 spiro atoms. The zero-order valence-electron chi connectivity index (χ0n) is 19.7. The summed E-state index contributed by atoms with van der Waals surface area (Å²) in [6.45, 7) is 2.28. The van der Waals surface area contributed by atoms with Gasteiger partial charge in [0.1, 0.15) is 0 Å². The minimum absolute atomic E-state index is 0.601. The maximum atomic E-state index is 12.5. The molecule has 0 nitrogen and oxygen atoms in total. The number of halogens is 2. The summed E-state index contributed by atoms with van der Waals surface area (Å²) in [5.74, 6) is -0.727. The van der Waals surface area contributed by atoms with Gasteiger partial charge in [-0.1, -0.05) is 113 Å². The number of unbranched alkanes of at least 4 members (excludes halogenated alkanes) is 7. The fraction of sp³-hybridized carbons (Fsp3) is 0.586. The molecule has 2 aromatic carbocycles. The predicted molar refractivity (Wildman–Crippen MR) is 136 cm³/mol. The summed E-state index contributed by atoms with van der Waals surface area (Å²) in [7, 11) is 0. The molecule has 3 heteroatoms. The van der Waals surface area contributed by atoms with Crippen LogP contribution in [-0.4, -0.2) is 5.76 Å². The summed E-state index contributed by atoms with van der Waals surface area (Å²) in [4.78, 5) is 0.615. The maximum Gasteiger partial charge on any atom is 0.288 e. The average molecular weight is 459 g/mol. The molecule has 0 bridgehead atoms. The van der Waals surface area contributed by atoms with Gasteiger partial charge in [0.25, 0.3) is 5.76 Å². The van der Waals surface area contributed by atoms with Crippen LogP contribution in [-0.2, 0) is 0 Å². The molecule has 0 radical (unpaired) electrons. The lowest BCUT2D eigenvalue weighted by molar-refractivity contribution is 0.252. The molecule has 0 aromatic heterocycles. The van der Waals surface area contributed by atoms with Gasteiger partial charge in [-0.25, -0.2) is 0 Å². The molecule has 3 rings (SSSR count). The van der Waals surface area contributed by atoms with Gasteiger partial charge in [-0.2, -0.15) is 8.78 Å². The van der Waals surface area contributed by atoms with Crippen molar-refractivity contribution in [2.24, 2.45) is 5.92 Å². The van der Waals surface area contributed by atoms with E-state index < -0.39 is 5.76 Å². The molecular formula is C29H40F2S. The van der Waals surface area contributed by atoms with Gasteiger partial charge in [0.2, 0.25) is 0 Å². The molecule has 0 unspecified atom stereocenters. The van der Waals surface area contributed by atoms with Crippen molar-refractivity contribution < 1.29 is 8.78 Å². The molecule has 1 aliphatic rings. The Morgan fingerprint density at radius 1 is 0.719 bits per heavy atom. The third-order valence-corrected chi connectivity index (χ3v) is 7.83. The van der Waals surface area contributed by atoms with Crippen LogP contribution in [0.3, 0.4) is 0 Å². The molecule has 1 fully saturated rings. The first-order valence-corrected chi connectivity index (χ1v) is 13.7. The largest absolute Gasteiger partial charge is 0.288 e. The van der Waals surface area contributed by atoms with E-state index in [1.165, 1.54) is 89.0 Å². The number of rotatable bonds is 13. The van der Waals surface area contributed by atoms with E-state index in [-0.39, 0.29) is 0 Å². The van der Waals surface area contributed by atoms with E-state index in [1.54, 1.807) is 12.1 Å². The van der Waals surface area contributed by atoms with Crippen LogP contribution in [0.25, 0.3) is 11.1 Å². The van der Waals surface area contributed by atoms with Crippen molar-refractivity contribution in [3.63, 3.8) is 0 Å². The Hall–Kier alpha value is -1.35. The standard InChI is InChI=1S/C29H40F2S/c1-2-3-4-5-6-7-8-9-10-23-11-13-24(14-12-23)25-15-17-26(18-16-25)27-19-21-28(22-20-27)32-29(30)31/h15-24,29H,2-14H2,1H3. The van der Waals surface area contributed by atoms with Crippen molar-refractivity contribution in [2.75, 3.05) is 0 Å². The van der Waals surface area contributed by atoms with Crippen LogP contribution >= 0.6 is 11.8 Å². The first-order chi connectivity index (χ1) is 15.7. The Morgan fingerprint density at radius 2 is 1.25 bits per heavy atom. The average Bonchev–Trinajstić information content (AvgIpc) is 2.81. The molecule has 0 amide bonds. The van der Waals surface area contributed by atoms with Crippen LogP contribution < -0.4 is 0 Å².